The maximum atomic E-state index is 6.03. The molecule has 15 heavy (non-hydrogen) atoms. The van der Waals surface area contributed by atoms with Crippen molar-refractivity contribution in [2.75, 3.05) is 18.0 Å². The fourth-order valence-corrected chi connectivity index (χ4v) is 1.70. The van der Waals surface area contributed by atoms with Crippen LogP contribution in [0, 0.1) is 5.92 Å². The molecule has 0 aliphatic heterocycles. The van der Waals surface area contributed by atoms with Crippen LogP contribution in [0.1, 0.15) is 20.8 Å². The summed E-state index contributed by atoms with van der Waals surface area (Å²) in [6, 6.07) is 0. The Morgan fingerprint density at radius 3 is 2.60 bits per heavy atom. The molecule has 0 unspecified atom stereocenters. The van der Waals surface area contributed by atoms with Gasteiger partial charge >= 0.3 is 0 Å². The van der Waals surface area contributed by atoms with Crippen LogP contribution in [0.4, 0.5) is 5.82 Å². The standard InChI is InChI=1S/C10H15Cl2N3/c1-4-15(6-7(2)3)9-8(11)5-13-10(12)14-9/h5,7H,4,6H2,1-3H3. The van der Waals surface area contributed by atoms with Gasteiger partial charge in [0.2, 0.25) is 5.28 Å². The summed E-state index contributed by atoms with van der Waals surface area (Å²) in [5.41, 5.74) is 0. The minimum Gasteiger partial charge on any atom is -0.355 e. The summed E-state index contributed by atoms with van der Waals surface area (Å²) in [5, 5.41) is 0.776. The number of anilines is 1. The van der Waals surface area contributed by atoms with Crippen molar-refractivity contribution in [3.8, 4) is 0 Å². The molecule has 0 spiro atoms. The molecule has 1 aromatic heterocycles. The number of aromatic nitrogens is 2. The van der Waals surface area contributed by atoms with Gasteiger partial charge in [-0.25, -0.2) is 4.98 Å². The average molecular weight is 248 g/mol. The zero-order chi connectivity index (χ0) is 11.4. The van der Waals surface area contributed by atoms with Crippen LogP contribution in [-0.2, 0) is 0 Å². The molecule has 0 aliphatic rings. The lowest BCUT2D eigenvalue weighted by atomic mass is 10.2. The summed E-state index contributed by atoms with van der Waals surface area (Å²) in [7, 11) is 0. The van der Waals surface area contributed by atoms with E-state index < -0.39 is 0 Å². The van der Waals surface area contributed by atoms with E-state index >= 15 is 0 Å². The zero-order valence-electron chi connectivity index (χ0n) is 9.17. The van der Waals surface area contributed by atoms with E-state index in [0.717, 1.165) is 13.1 Å². The van der Waals surface area contributed by atoms with Gasteiger partial charge in [-0.05, 0) is 24.4 Å². The van der Waals surface area contributed by atoms with Gasteiger partial charge in [-0.15, -0.1) is 0 Å². The van der Waals surface area contributed by atoms with Crippen molar-refractivity contribution in [3.05, 3.63) is 16.5 Å². The van der Waals surface area contributed by atoms with Crippen LogP contribution in [0.2, 0.25) is 10.3 Å². The third-order valence-corrected chi connectivity index (χ3v) is 2.41. The molecule has 84 valence electrons. The first-order chi connectivity index (χ1) is 7.04. The Hall–Kier alpha value is -0.540. The van der Waals surface area contributed by atoms with Gasteiger partial charge in [0.15, 0.2) is 5.82 Å². The molecule has 1 rings (SSSR count). The van der Waals surface area contributed by atoms with Gasteiger partial charge in [-0.1, -0.05) is 25.4 Å². The Labute approximate surface area is 100 Å². The van der Waals surface area contributed by atoms with Crippen molar-refractivity contribution in [2.45, 2.75) is 20.8 Å². The monoisotopic (exact) mass is 247 g/mol. The van der Waals surface area contributed by atoms with Gasteiger partial charge in [-0.2, -0.15) is 4.98 Å². The zero-order valence-corrected chi connectivity index (χ0v) is 10.7. The first-order valence-electron chi connectivity index (χ1n) is 4.97. The van der Waals surface area contributed by atoms with Crippen LogP contribution in [0.15, 0.2) is 6.20 Å². The van der Waals surface area contributed by atoms with E-state index in [-0.39, 0.29) is 5.28 Å². The van der Waals surface area contributed by atoms with Crippen LogP contribution in [0.3, 0.4) is 0 Å². The third-order valence-electron chi connectivity index (χ3n) is 1.96. The summed E-state index contributed by atoms with van der Waals surface area (Å²) in [6.07, 6.45) is 1.54. The SMILES string of the molecule is CCN(CC(C)C)c1nc(Cl)ncc1Cl. The molecule has 0 saturated heterocycles. The molecule has 0 N–H and O–H groups in total. The Kier molecular flexibility index (Phi) is 4.61. The van der Waals surface area contributed by atoms with E-state index in [1.54, 1.807) is 0 Å². The highest BCUT2D eigenvalue weighted by Crippen LogP contribution is 2.24. The predicted molar refractivity (Wildman–Crippen MR) is 64.8 cm³/mol. The normalized spacial score (nSPS) is 10.8. The minimum atomic E-state index is 0.233. The molecular formula is C10H15Cl2N3. The van der Waals surface area contributed by atoms with Crippen molar-refractivity contribution in [1.29, 1.82) is 0 Å². The van der Waals surface area contributed by atoms with Crippen molar-refractivity contribution in [1.82, 2.24) is 9.97 Å². The van der Waals surface area contributed by atoms with Crippen molar-refractivity contribution < 1.29 is 0 Å². The molecule has 0 fully saturated rings. The summed E-state index contributed by atoms with van der Waals surface area (Å²) >= 11 is 11.8. The smallest absolute Gasteiger partial charge is 0.224 e. The fraction of sp³-hybridized carbons (Fsp3) is 0.600. The summed E-state index contributed by atoms with van der Waals surface area (Å²) in [4.78, 5) is 10.1. The molecule has 0 aliphatic carbocycles. The minimum absolute atomic E-state index is 0.233. The Morgan fingerprint density at radius 1 is 1.40 bits per heavy atom. The van der Waals surface area contributed by atoms with E-state index in [0.29, 0.717) is 16.8 Å². The van der Waals surface area contributed by atoms with E-state index in [4.69, 9.17) is 23.2 Å². The number of rotatable bonds is 4. The Morgan fingerprint density at radius 2 is 2.07 bits per heavy atom. The van der Waals surface area contributed by atoms with E-state index in [2.05, 4.69) is 35.6 Å². The third kappa shape index (κ3) is 3.50. The second-order valence-electron chi connectivity index (χ2n) is 3.74. The van der Waals surface area contributed by atoms with Gasteiger partial charge in [-0.3, -0.25) is 0 Å². The lowest BCUT2D eigenvalue weighted by Gasteiger charge is -2.24. The fourth-order valence-electron chi connectivity index (χ4n) is 1.37. The highest BCUT2D eigenvalue weighted by molar-refractivity contribution is 6.33. The first kappa shape index (κ1) is 12.5. The molecule has 0 saturated carbocycles. The van der Waals surface area contributed by atoms with E-state index in [9.17, 15) is 0 Å². The van der Waals surface area contributed by atoms with Crippen LogP contribution in [0.5, 0.6) is 0 Å². The predicted octanol–water partition coefficient (Wildman–Crippen LogP) is 3.27. The summed E-state index contributed by atoms with van der Waals surface area (Å²) in [5.74, 6) is 1.27. The molecule has 5 heteroatoms. The van der Waals surface area contributed by atoms with E-state index in [1.165, 1.54) is 6.20 Å². The maximum Gasteiger partial charge on any atom is 0.224 e. The molecule has 0 amide bonds. The van der Waals surface area contributed by atoms with Gasteiger partial charge in [0.25, 0.3) is 0 Å². The number of halogens is 2. The second-order valence-corrected chi connectivity index (χ2v) is 4.49. The highest BCUT2D eigenvalue weighted by atomic mass is 35.5. The molecule has 1 heterocycles. The lowest BCUT2D eigenvalue weighted by molar-refractivity contribution is 0.614. The van der Waals surface area contributed by atoms with Crippen molar-refractivity contribution >= 4 is 29.0 Å². The van der Waals surface area contributed by atoms with Crippen LogP contribution in [0.25, 0.3) is 0 Å². The number of hydrogen-bond acceptors (Lipinski definition) is 3. The van der Waals surface area contributed by atoms with Crippen LogP contribution < -0.4 is 4.90 Å². The topological polar surface area (TPSA) is 29.0 Å². The number of nitrogens with zero attached hydrogens (tertiary/aromatic N) is 3. The maximum absolute atomic E-state index is 6.03. The Bertz CT molecular complexity index is 328. The molecular weight excluding hydrogens is 233 g/mol. The van der Waals surface area contributed by atoms with Crippen LogP contribution in [-0.4, -0.2) is 23.1 Å². The average Bonchev–Trinajstić information content (AvgIpc) is 2.18. The van der Waals surface area contributed by atoms with Gasteiger partial charge < -0.3 is 4.90 Å². The summed E-state index contributed by atoms with van der Waals surface area (Å²) in [6.45, 7) is 8.13. The largest absolute Gasteiger partial charge is 0.355 e. The van der Waals surface area contributed by atoms with Gasteiger partial charge in [0, 0.05) is 13.1 Å². The molecule has 1 aromatic rings. The first-order valence-corrected chi connectivity index (χ1v) is 5.73. The molecule has 3 nitrogen and oxygen atoms in total. The van der Waals surface area contributed by atoms with Crippen LogP contribution >= 0.6 is 23.2 Å². The molecule has 0 bridgehead atoms. The van der Waals surface area contributed by atoms with Crippen molar-refractivity contribution in [2.24, 2.45) is 5.92 Å². The van der Waals surface area contributed by atoms with Gasteiger partial charge in [0.05, 0.1) is 6.20 Å². The molecule has 0 atom stereocenters. The molecule has 0 aromatic carbocycles. The second kappa shape index (κ2) is 5.52. The Balaban J connectivity index is 2.95. The lowest BCUT2D eigenvalue weighted by Crippen LogP contribution is -2.28. The number of hydrogen-bond donors (Lipinski definition) is 0. The quantitative estimate of drug-likeness (QED) is 0.766. The van der Waals surface area contributed by atoms with E-state index in [1.807, 2.05) is 0 Å². The van der Waals surface area contributed by atoms with Crippen molar-refractivity contribution in [3.63, 3.8) is 0 Å². The highest BCUT2D eigenvalue weighted by Gasteiger charge is 2.12. The van der Waals surface area contributed by atoms with Gasteiger partial charge in [0.1, 0.15) is 5.02 Å². The molecule has 0 radical (unpaired) electrons. The summed E-state index contributed by atoms with van der Waals surface area (Å²) < 4.78 is 0.